The van der Waals surface area contributed by atoms with E-state index in [2.05, 4.69) is 10.3 Å². The SMILES string of the molecule is CC(C)Cc1nc(NC(=O)C2CCCO2)sc1C(=O)O. The number of anilines is 1. The van der Waals surface area contributed by atoms with E-state index < -0.39 is 12.1 Å². The highest BCUT2D eigenvalue weighted by Crippen LogP contribution is 2.26. The van der Waals surface area contributed by atoms with E-state index in [9.17, 15) is 14.7 Å². The summed E-state index contributed by atoms with van der Waals surface area (Å²) in [6.07, 6.45) is 1.70. The van der Waals surface area contributed by atoms with Crippen molar-refractivity contribution in [3.63, 3.8) is 0 Å². The molecular formula is C13H18N2O4S. The molecule has 20 heavy (non-hydrogen) atoms. The van der Waals surface area contributed by atoms with Crippen molar-refractivity contribution in [2.24, 2.45) is 5.92 Å². The molecule has 0 radical (unpaired) electrons. The molecule has 0 spiro atoms. The van der Waals surface area contributed by atoms with Crippen LogP contribution in [0.4, 0.5) is 5.13 Å². The first kappa shape index (κ1) is 14.9. The van der Waals surface area contributed by atoms with Crippen molar-refractivity contribution in [3.05, 3.63) is 10.6 Å². The van der Waals surface area contributed by atoms with Gasteiger partial charge in [0.25, 0.3) is 5.91 Å². The van der Waals surface area contributed by atoms with Gasteiger partial charge in [0, 0.05) is 6.61 Å². The lowest BCUT2D eigenvalue weighted by Gasteiger charge is -2.07. The highest BCUT2D eigenvalue weighted by molar-refractivity contribution is 7.17. The van der Waals surface area contributed by atoms with Crippen molar-refractivity contribution in [2.45, 2.75) is 39.2 Å². The molecule has 0 aromatic carbocycles. The molecule has 1 aromatic rings. The molecular weight excluding hydrogens is 280 g/mol. The molecule has 1 aliphatic heterocycles. The summed E-state index contributed by atoms with van der Waals surface area (Å²) in [6, 6.07) is 0. The lowest BCUT2D eigenvalue weighted by atomic mass is 10.1. The molecule has 1 atom stereocenters. The second-order valence-electron chi connectivity index (χ2n) is 5.19. The third-order valence-corrected chi connectivity index (χ3v) is 3.95. The van der Waals surface area contributed by atoms with Crippen LogP contribution in [-0.2, 0) is 16.0 Å². The summed E-state index contributed by atoms with van der Waals surface area (Å²) in [5.74, 6) is -0.947. The number of hydrogen-bond donors (Lipinski definition) is 2. The number of carbonyl (C=O) groups is 2. The quantitative estimate of drug-likeness (QED) is 0.869. The van der Waals surface area contributed by atoms with Crippen LogP contribution >= 0.6 is 11.3 Å². The molecule has 0 saturated carbocycles. The molecule has 7 heteroatoms. The molecule has 110 valence electrons. The van der Waals surface area contributed by atoms with Gasteiger partial charge in [-0.2, -0.15) is 0 Å². The highest BCUT2D eigenvalue weighted by Gasteiger charge is 2.25. The first-order chi connectivity index (χ1) is 9.47. The van der Waals surface area contributed by atoms with Crippen LogP contribution < -0.4 is 5.32 Å². The van der Waals surface area contributed by atoms with Gasteiger partial charge in [-0.15, -0.1) is 0 Å². The van der Waals surface area contributed by atoms with E-state index >= 15 is 0 Å². The standard InChI is InChI=1S/C13H18N2O4S/c1-7(2)6-8-10(12(17)18)20-13(14-8)15-11(16)9-4-3-5-19-9/h7,9H,3-6H2,1-2H3,(H,17,18)(H,14,15,16). The van der Waals surface area contributed by atoms with Crippen LogP contribution in [0.3, 0.4) is 0 Å². The number of carboxylic acids is 1. The Morgan fingerprint density at radius 2 is 2.30 bits per heavy atom. The molecule has 0 bridgehead atoms. The molecule has 1 unspecified atom stereocenters. The van der Waals surface area contributed by atoms with Crippen LogP contribution in [0.25, 0.3) is 0 Å². The molecule has 2 heterocycles. The molecule has 1 aliphatic rings. The van der Waals surface area contributed by atoms with Gasteiger partial charge < -0.3 is 9.84 Å². The van der Waals surface area contributed by atoms with Crippen LogP contribution in [0, 0.1) is 5.92 Å². The summed E-state index contributed by atoms with van der Waals surface area (Å²) in [4.78, 5) is 27.5. The molecule has 1 saturated heterocycles. The number of rotatable bonds is 5. The molecule has 1 amide bonds. The minimum Gasteiger partial charge on any atom is -0.477 e. The molecule has 1 fully saturated rings. The van der Waals surface area contributed by atoms with Crippen molar-refractivity contribution in [2.75, 3.05) is 11.9 Å². The number of amides is 1. The number of hydrogen-bond acceptors (Lipinski definition) is 5. The lowest BCUT2D eigenvalue weighted by molar-refractivity contribution is -0.124. The van der Waals surface area contributed by atoms with Crippen LogP contribution in [0.15, 0.2) is 0 Å². The first-order valence-electron chi connectivity index (χ1n) is 6.63. The summed E-state index contributed by atoms with van der Waals surface area (Å²) < 4.78 is 5.28. The molecule has 0 aliphatic carbocycles. The van der Waals surface area contributed by atoms with Crippen molar-refractivity contribution >= 4 is 28.3 Å². The zero-order chi connectivity index (χ0) is 14.7. The van der Waals surface area contributed by atoms with E-state index in [1.165, 1.54) is 0 Å². The van der Waals surface area contributed by atoms with E-state index in [1.807, 2.05) is 13.8 Å². The zero-order valence-electron chi connectivity index (χ0n) is 11.5. The Kier molecular flexibility index (Phi) is 4.72. The third kappa shape index (κ3) is 3.55. The van der Waals surface area contributed by atoms with Gasteiger partial charge >= 0.3 is 5.97 Å². The van der Waals surface area contributed by atoms with Gasteiger partial charge in [0.05, 0.1) is 5.69 Å². The number of aromatic nitrogens is 1. The average molecular weight is 298 g/mol. The molecule has 2 rings (SSSR count). The van der Waals surface area contributed by atoms with Gasteiger partial charge in [0.1, 0.15) is 11.0 Å². The predicted octanol–water partition coefficient (Wildman–Crippen LogP) is 2.16. The molecule has 1 aromatic heterocycles. The smallest absolute Gasteiger partial charge is 0.347 e. The van der Waals surface area contributed by atoms with Gasteiger partial charge in [0.2, 0.25) is 0 Å². The van der Waals surface area contributed by atoms with Gasteiger partial charge in [-0.1, -0.05) is 25.2 Å². The van der Waals surface area contributed by atoms with Crippen molar-refractivity contribution < 1.29 is 19.4 Å². The minimum atomic E-state index is -1.00. The highest BCUT2D eigenvalue weighted by atomic mass is 32.1. The van der Waals surface area contributed by atoms with E-state index in [0.29, 0.717) is 36.2 Å². The van der Waals surface area contributed by atoms with Crippen molar-refractivity contribution in [3.8, 4) is 0 Å². The van der Waals surface area contributed by atoms with Crippen LogP contribution in [0.5, 0.6) is 0 Å². The second-order valence-corrected chi connectivity index (χ2v) is 6.19. The summed E-state index contributed by atoms with van der Waals surface area (Å²) in [5.41, 5.74) is 0.528. The maximum absolute atomic E-state index is 11.9. The minimum absolute atomic E-state index is 0.196. The van der Waals surface area contributed by atoms with E-state index in [0.717, 1.165) is 17.8 Å². The topological polar surface area (TPSA) is 88.5 Å². The van der Waals surface area contributed by atoms with Gasteiger partial charge in [-0.25, -0.2) is 9.78 Å². The zero-order valence-corrected chi connectivity index (χ0v) is 12.3. The van der Waals surface area contributed by atoms with Crippen molar-refractivity contribution in [1.82, 2.24) is 4.98 Å². The summed E-state index contributed by atoms with van der Waals surface area (Å²) in [6.45, 7) is 4.58. The Hall–Kier alpha value is -1.47. The second kappa shape index (κ2) is 6.32. The predicted molar refractivity (Wildman–Crippen MR) is 75.2 cm³/mol. The summed E-state index contributed by atoms with van der Waals surface area (Å²) in [5, 5.41) is 12.2. The third-order valence-electron chi connectivity index (χ3n) is 2.95. The van der Waals surface area contributed by atoms with E-state index in [-0.39, 0.29) is 10.8 Å². The Morgan fingerprint density at radius 3 is 2.85 bits per heavy atom. The number of nitrogens with one attached hydrogen (secondary N) is 1. The fraction of sp³-hybridized carbons (Fsp3) is 0.615. The van der Waals surface area contributed by atoms with E-state index in [4.69, 9.17) is 4.74 Å². The Labute approximate surface area is 121 Å². The van der Waals surface area contributed by atoms with Crippen LogP contribution in [0.2, 0.25) is 0 Å². The average Bonchev–Trinajstić information content (AvgIpc) is 2.97. The monoisotopic (exact) mass is 298 g/mol. The van der Waals surface area contributed by atoms with Gasteiger partial charge in [-0.05, 0) is 25.2 Å². The largest absolute Gasteiger partial charge is 0.477 e. The molecule has 6 nitrogen and oxygen atoms in total. The number of thiazole rings is 1. The number of carboxylic acid groups (broad SMARTS) is 1. The Morgan fingerprint density at radius 1 is 1.55 bits per heavy atom. The Bertz CT molecular complexity index is 506. The number of carbonyl (C=O) groups excluding carboxylic acids is 1. The normalized spacial score (nSPS) is 18.4. The summed E-state index contributed by atoms with van der Waals surface area (Å²) in [7, 11) is 0. The fourth-order valence-electron chi connectivity index (χ4n) is 2.07. The maximum Gasteiger partial charge on any atom is 0.347 e. The van der Waals surface area contributed by atoms with Crippen LogP contribution in [0.1, 0.15) is 42.1 Å². The van der Waals surface area contributed by atoms with Crippen molar-refractivity contribution in [1.29, 1.82) is 0 Å². The first-order valence-corrected chi connectivity index (χ1v) is 7.44. The fourth-order valence-corrected chi connectivity index (χ4v) is 2.90. The number of ether oxygens (including phenoxy) is 1. The Balaban J connectivity index is 2.11. The molecule has 2 N–H and O–H groups in total. The van der Waals surface area contributed by atoms with Gasteiger partial charge in [0.15, 0.2) is 5.13 Å². The number of nitrogens with zero attached hydrogens (tertiary/aromatic N) is 1. The van der Waals surface area contributed by atoms with Crippen LogP contribution in [-0.4, -0.2) is 34.7 Å². The van der Waals surface area contributed by atoms with Gasteiger partial charge in [-0.3, -0.25) is 10.1 Å². The lowest BCUT2D eigenvalue weighted by Crippen LogP contribution is -2.26. The number of aromatic carboxylic acids is 1. The summed E-state index contributed by atoms with van der Waals surface area (Å²) >= 11 is 0.999. The van der Waals surface area contributed by atoms with E-state index in [1.54, 1.807) is 0 Å². The maximum atomic E-state index is 11.9.